The van der Waals surface area contributed by atoms with Crippen molar-refractivity contribution in [3.8, 4) is 0 Å². The van der Waals surface area contributed by atoms with Gasteiger partial charge >= 0.3 is 0 Å². The fourth-order valence-corrected chi connectivity index (χ4v) is 4.72. The Morgan fingerprint density at radius 3 is 1.32 bits per heavy atom. The number of carbonyl (C=O) groups excluding carboxylic acids is 4. The van der Waals surface area contributed by atoms with Crippen LogP contribution in [-0.2, 0) is 19.2 Å². The van der Waals surface area contributed by atoms with E-state index in [2.05, 4.69) is 0 Å². The molecule has 2 aromatic carbocycles. The summed E-state index contributed by atoms with van der Waals surface area (Å²) in [7, 11) is 0. The maximum absolute atomic E-state index is 12.2. The van der Waals surface area contributed by atoms with E-state index < -0.39 is 0 Å². The summed E-state index contributed by atoms with van der Waals surface area (Å²) in [6.45, 7) is 4.06. The predicted molar refractivity (Wildman–Crippen MR) is 146 cm³/mol. The Kier molecular flexibility index (Phi) is 6.83. The van der Waals surface area contributed by atoms with Crippen molar-refractivity contribution in [1.29, 1.82) is 0 Å². The van der Waals surface area contributed by atoms with Crippen LogP contribution in [0.1, 0.15) is 25.0 Å². The molecule has 200 valence electrons. The molecule has 0 N–H and O–H groups in total. The fraction of sp³-hybridized carbons (Fsp3) is 0.133. The van der Waals surface area contributed by atoms with E-state index in [4.69, 9.17) is 8.83 Å². The first kappa shape index (κ1) is 26.2. The zero-order chi connectivity index (χ0) is 28.6. The lowest BCUT2D eigenvalue weighted by molar-refractivity contribution is -0.137. The van der Waals surface area contributed by atoms with Crippen molar-refractivity contribution in [2.24, 2.45) is 0 Å². The number of imide groups is 2. The molecule has 0 saturated carbocycles. The molecule has 0 aliphatic carbocycles. The molecule has 6 rings (SSSR count). The van der Waals surface area contributed by atoms with Crippen molar-refractivity contribution >= 4 is 56.7 Å². The summed E-state index contributed by atoms with van der Waals surface area (Å²) in [6, 6.07) is 12.6. The zero-order valence-corrected chi connectivity index (χ0v) is 21.5. The highest BCUT2D eigenvalue weighted by atomic mass is 16.3. The number of likely N-dealkylation sites (N-methyl/N-ethyl adjacent to an activating group) is 2. The van der Waals surface area contributed by atoms with Crippen LogP contribution in [0.3, 0.4) is 0 Å². The van der Waals surface area contributed by atoms with Crippen LogP contribution in [0.25, 0.3) is 33.1 Å². The molecular formula is C30H22N2O8. The molecule has 2 aliphatic heterocycles. The van der Waals surface area contributed by atoms with Gasteiger partial charge in [0, 0.05) is 48.5 Å². The van der Waals surface area contributed by atoms with Crippen molar-refractivity contribution in [3.63, 3.8) is 0 Å². The number of nitrogens with zero attached hydrogens (tertiary/aromatic N) is 2. The maximum Gasteiger partial charge on any atom is 0.261 e. The largest absolute Gasteiger partial charge is 0.464 e. The lowest BCUT2D eigenvalue weighted by atomic mass is 10.0. The number of benzene rings is 2. The van der Waals surface area contributed by atoms with Crippen LogP contribution in [-0.4, -0.2) is 46.5 Å². The summed E-state index contributed by atoms with van der Waals surface area (Å²) in [5.41, 5.74) is 1.66. The Hall–Kier alpha value is -5.38. The van der Waals surface area contributed by atoms with Gasteiger partial charge in [-0.1, -0.05) is 24.3 Å². The molecule has 2 aliphatic rings. The first-order chi connectivity index (χ1) is 19.3. The first-order valence-electron chi connectivity index (χ1n) is 12.4. The number of fused-ring (bicyclic) bond motifs is 2. The summed E-state index contributed by atoms with van der Waals surface area (Å²) in [6.07, 6.45) is 5.16. The molecule has 40 heavy (non-hydrogen) atoms. The lowest BCUT2D eigenvalue weighted by Gasteiger charge is -2.11. The molecule has 0 unspecified atom stereocenters. The molecule has 0 spiro atoms. The van der Waals surface area contributed by atoms with Gasteiger partial charge in [-0.15, -0.1) is 0 Å². The van der Waals surface area contributed by atoms with Crippen LogP contribution in [0.15, 0.2) is 91.6 Å². The summed E-state index contributed by atoms with van der Waals surface area (Å²) >= 11 is 0. The van der Waals surface area contributed by atoms with E-state index in [1.807, 2.05) is 0 Å². The number of amides is 4. The minimum Gasteiger partial charge on any atom is -0.464 e. The minimum absolute atomic E-state index is 0.237. The monoisotopic (exact) mass is 538 g/mol. The van der Waals surface area contributed by atoms with Gasteiger partial charge in [-0.2, -0.15) is 0 Å². The van der Waals surface area contributed by atoms with Gasteiger partial charge in [0.15, 0.2) is 10.9 Å². The highest BCUT2D eigenvalue weighted by Crippen LogP contribution is 2.29. The molecule has 0 atom stereocenters. The van der Waals surface area contributed by atoms with E-state index in [9.17, 15) is 28.8 Å². The van der Waals surface area contributed by atoms with Crippen LogP contribution in [0.5, 0.6) is 0 Å². The van der Waals surface area contributed by atoms with Crippen molar-refractivity contribution in [2.75, 3.05) is 13.1 Å². The van der Waals surface area contributed by atoms with E-state index >= 15 is 0 Å². The second kappa shape index (κ2) is 10.4. The Bertz CT molecular complexity index is 1760. The third-order valence-corrected chi connectivity index (χ3v) is 6.61. The zero-order valence-electron chi connectivity index (χ0n) is 21.5. The summed E-state index contributed by atoms with van der Waals surface area (Å²) in [4.78, 5) is 74.2. The van der Waals surface area contributed by atoms with Crippen LogP contribution in [0, 0.1) is 0 Å². The Morgan fingerprint density at radius 1 is 0.575 bits per heavy atom. The molecule has 0 radical (unpaired) electrons. The second-order valence-corrected chi connectivity index (χ2v) is 8.82. The van der Waals surface area contributed by atoms with E-state index in [0.29, 0.717) is 46.2 Å². The molecule has 4 aromatic rings. The molecular weight excluding hydrogens is 516 g/mol. The van der Waals surface area contributed by atoms with Crippen molar-refractivity contribution in [3.05, 3.63) is 105 Å². The molecule has 4 heterocycles. The fourth-order valence-electron chi connectivity index (χ4n) is 4.72. The SMILES string of the molecule is CCN1C(=O)C=C(c2cccc3occc(=O)c23)C1=O.CCN1C(=O)C=C(c2cccc3occc(=O)c23)C1=O. The smallest absolute Gasteiger partial charge is 0.261 e. The molecule has 0 bridgehead atoms. The molecule has 4 amide bonds. The first-order valence-corrected chi connectivity index (χ1v) is 12.4. The van der Waals surface area contributed by atoms with Crippen LogP contribution in [0.4, 0.5) is 0 Å². The van der Waals surface area contributed by atoms with Gasteiger partial charge in [0.25, 0.3) is 23.6 Å². The predicted octanol–water partition coefficient (Wildman–Crippen LogP) is 3.13. The number of rotatable bonds is 4. The van der Waals surface area contributed by atoms with Crippen LogP contribution >= 0.6 is 0 Å². The van der Waals surface area contributed by atoms with Gasteiger partial charge < -0.3 is 8.83 Å². The summed E-state index contributed by atoms with van der Waals surface area (Å²) in [5.74, 6) is -1.48. The summed E-state index contributed by atoms with van der Waals surface area (Å²) < 4.78 is 10.5. The molecule has 10 nitrogen and oxygen atoms in total. The molecule has 0 fully saturated rings. The molecule has 10 heteroatoms. The topological polar surface area (TPSA) is 135 Å². The van der Waals surface area contributed by atoms with Gasteiger partial charge in [-0.05, 0) is 26.0 Å². The lowest BCUT2D eigenvalue weighted by Crippen LogP contribution is -2.30. The number of hydrogen-bond donors (Lipinski definition) is 0. The van der Waals surface area contributed by atoms with Gasteiger partial charge in [0.05, 0.1) is 34.4 Å². The maximum atomic E-state index is 12.2. The van der Waals surface area contributed by atoms with Crippen LogP contribution < -0.4 is 10.9 Å². The Balaban J connectivity index is 0.000000161. The van der Waals surface area contributed by atoms with Gasteiger partial charge in [0.2, 0.25) is 0 Å². The Labute approximate surface area is 226 Å². The van der Waals surface area contributed by atoms with E-state index in [0.717, 1.165) is 9.80 Å². The molecule has 2 aromatic heterocycles. The van der Waals surface area contributed by atoms with Gasteiger partial charge in [0.1, 0.15) is 11.2 Å². The third-order valence-electron chi connectivity index (χ3n) is 6.61. The highest BCUT2D eigenvalue weighted by molar-refractivity contribution is 6.35. The standard InChI is InChI=1S/2C15H11NO4/c2*1-2-16-13(18)8-10(15(16)19)9-4-3-5-12-14(9)11(17)6-7-20-12/h2*3-8H,2H2,1H3. The van der Waals surface area contributed by atoms with Crippen molar-refractivity contribution in [2.45, 2.75) is 13.8 Å². The normalized spacial score (nSPS) is 15.1. The number of hydrogen-bond acceptors (Lipinski definition) is 8. The van der Waals surface area contributed by atoms with Gasteiger partial charge in [-0.3, -0.25) is 38.6 Å². The van der Waals surface area contributed by atoms with Crippen molar-refractivity contribution < 1.29 is 28.0 Å². The minimum atomic E-state index is -0.381. The van der Waals surface area contributed by atoms with E-state index in [-0.39, 0.29) is 45.6 Å². The summed E-state index contributed by atoms with van der Waals surface area (Å²) in [5, 5.41) is 0.640. The number of carbonyl (C=O) groups is 4. The average Bonchev–Trinajstić information content (AvgIpc) is 3.41. The second-order valence-electron chi connectivity index (χ2n) is 8.82. The quantitative estimate of drug-likeness (QED) is 0.362. The average molecular weight is 539 g/mol. The van der Waals surface area contributed by atoms with Gasteiger partial charge in [-0.25, -0.2) is 0 Å². The van der Waals surface area contributed by atoms with Crippen molar-refractivity contribution in [1.82, 2.24) is 9.80 Å². The van der Waals surface area contributed by atoms with E-state index in [1.165, 1.54) is 36.8 Å². The third kappa shape index (κ3) is 4.35. The molecule has 0 saturated heterocycles. The Morgan fingerprint density at radius 2 is 0.975 bits per heavy atom. The van der Waals surface area contributed by atoms with Crippen LogP contribution in [0.2, 0.25) is 0 Å². The highest BCUT2D eigenvalue weighted by Gasteiger charge is 2.32. The van der Waals surface area contributed by atoms with E-state index in [1.54, 1.807) is 50.2 Å².